The van der Waals surface area contributed by atoms with Crippen molar-refractivity contribution >= 4 is 11.8 Å². The molecule has 0 unspecified atom stereocenters. The molecule has 0 aromatic heterocycles. The lowest BCUT2D eigenvalue weighted by molar-refractivity contribution is -0.131. The van der Waals surface area contributed by atoms with Gasteiger partial charge >= 0.3 is 0 Å². The van der Waals surface area contributed by atoms with Crippen LogP contribution in [0.2, 0.25) is 0 Å². The predicted octanol–water partition coefficient (Wildman–Crippen LogP) is 1.25. The molecule has 2 atom stereocenters. The summed E-state index contributed by atoms with van der Waals surface area (Å²) < 4.78 is 5.19. The molecule has 1 saturated carbocycles. The van der Waals surface area contributed by atoms with Crippen molar-refractivity contribution < 1.29 is 14.3 Å². The molecule has 0 aromatic rings. The van der Waals surface area contributed by atoms with E-state index in [1.54, 1.807) is 7.11 Å². The van der Waals surface area contributed by atoms with E-state index in [1.165, 1.54) is 12.8 Å². The SMILES string of the molecule is COCCN1C[C@@H](NC(=O)CCN2CCCCCC2=O)[C@H](C2CC2)C1. The van der Waals surface area contributed by atoms with E-state index in [0.29, 0.717) is 25.3 Å². The molecule has 142 valence electrons. The fourth-order valence-corrected chi connectivity index (χ4v) is 4.26. The largest absolute Gasteiger partial charge is 0.383 e. The van der Waals surface area contributed by atoms with Gasteiger partial charge in [-0.3, -0.25) is 14.5 Å². The van der Waals surface area contributed by atoms with Gasteiger partial charge in [-0.15, -0.1) is 0 Å². The molecular formula is C19H33N3O3. The van der Waals surface area contributed by atoms with Crippen molar-refractivity contribution in [2.45, 2.75) is 51.0 Å². The second-order valence-corrected chi connectivity index (χ2v) is 7.87. The zero-order valence-electron chi connectivity index (χ0n) is 15.5. The Labute approximate surface area is 151 Å². The highest BCUT2D eigenvalue weighted by Gasteiger charge is 2.42. The third kappa shape index (κ3) is 5.42. The minimum absolute atomic E-state index is 0.0984. The molecule has 0 spiro atoms. The van der Waals surface area contributed by atoms with Crippen LogP contribution in [0.3, 0.4) is 0 Å². The second kappa shape index (κ2) is 8.99. The molecule has 3 fully saturated rings. The standard InChI is InChI=1S/C19H33N3O3/c1-25-12-11-21-13-16(15-6-7-15)17(14-21)20-18(23)8-10-22-9-4-2-3-5-19(22)24/h15-17H,2-14H2,1H3,(H,20,23)/t16-,17+/m0/s1. The van der Waals surface area contributed by atoms with E-state index in [0.717, 1.165) is 58.0 Å². The van der Waals surface area contributed by atoms with Gasteiger partial charge in [0.2, 0.25) is 11.8 Å². The van der Waals surface area contributed by atoms with Gasteiger partial charge in [0.15, 0.2) is 0 Å². The Morgan fingerprint density at radius 1 is 1.20 bits per heavy atom. The van der Waals surface area contributed by atoms with E-state index >= 15 is 0 Å². The number of carbonyl (C=O) groups excluding carboxylic acids is 2. The highest BCUT2D eigenvalue weighted by atomic mass is 16.5. The summed E-state index contributed by atoms with van der Waals surface area (Å²) in [6.45, 7) is 5.07. The number of ether oxygens (including phenoxy) is 1. The first-order valence-corrected chi connectivity index (χ1v) is 9.96. The summed E-state index contributed by atoms with van der Waals surface area (Å²) in [5.74, 6) is 1.68. The van der Waals surface area contributed by atoms with Gasteiger partial charge < -0.3 is 15.0 Å². The van der Waals surface area contributed by atoms with Crippen LogP contribution in [0.25, 0.3) is 0 Å². The van der Waals surface area contributed by atoms with Crippen molar-refractivity contribution in [1.29, 1.82) is 0 Å². The van der Waals surface area contributed by atoms with E-state index in [4.69, 9.17) is 4.74 Å². The maximum Gasteiger partial charge on any atom is 0.222 e. The van der Waals surface area contributed by atoms with Gasteiger partial charge in [-0.1, -0.05) is 6.42 Å². The van der Waals surface area contributed by atoms with Crippen molar-refractivity contribution in [2.24, 2.45) is 11.8 Å². The molecule has 2 saturated heterocycles. The van der Waals surface area contributed by atoms with Gasteiger partial charge in [0.1, 0.15) is 0 Å². The molecule has 6 nitrogen and oxygen atoms in total. The van der Waals surface area contributed by atoms with Crippen LogP contribution in [0, 0.1) is 11.8 Å². The Kier molecular flexibility index (Phi) is 6.70. The Morgan fingerprint density at radius 2 is 2.04 bits per heavy atom. The Morgan fingerprint density at radius 3 is 2.80 bits per heavy atom. The third-order valence-electron chi connectivity index (χ3n) is 5.91. The second-order valence-electron chi connectivity index (χ2n) is 7.87. The minimum atomic E-state index is 0.0984. The van der Waals surface area contributed by atoms with E-state index < -0.39 is 0 Å². The third-order valence-corrected chi connectivity index (χ3v) is 5.91. The van der Waals surface area contributed by atoms with Crippen LogP contribution < -0.4 is 5.32 Å². The fourth-order valence-electron chi connectivity index (χ4n) is 4.26. The van der Waals surface area contributed by atoms with E-state index in [9.17, 15) is 9.59 Å². The number of likely N-dealkylation sites (tertiary alicyclic amines) is 2. The number of hydrogen-bond acceptors (Lipinski definition) is 4. The first kappa shape index (κ1) is 18.6. The molecule has 2 aliphatic heterocycles. The van der Waals surface area contributed by atoms with Crippen LogP contribution in [0.5, 0.6) is 0 Å². The summed E-state index contributed by atoms with van der Waals surface area (Å²) in [6.07, 6.45) is 6.85. The van der Waals surface area contributed by atoms with Crippen molar-refractivity contribution in [1.82, 2.24) is 15.1 Å². The zero-order valence-corrected chi connectivity index (χ0v) is 15.5. The van der Waals surface area contributed by atoms with Gasteiger partial charge in [-0.25, -0.2) is 0 Å². The van der Waals surface area contributed by atoms with Crippen LogP contribution in [-0.4, -0.2) is 74.1 Å². The maximum atomic E-state index is 12.5. The lowest BCUT2D eigenvalue weighted by atomic mass is 9.98. The summed E-state index contributed by atoms with van der Waals surface area (Å²) in [7, 11) is 1.73. The van der Waals surface area contributed by atoms with Crippen LogP contribution in [-0.2, 0) is 14.3 Å². The molecule has 1 aliphatic carbocycles. The van der Waals surface area contributed by atoms with E-state index in [2.05, 4.69) is 10.2 Å². The Balaban J connectivity index is 1.45. The predicted molar refractivity (Wildman–Crippen MR) is 96.1 cm³/mol. The van der Waals surface area contributed by atoms with Crippen LogP contribution in [0.15, 0.2) is 0 Å². The lowest BCUT2D eigenvalue weighted by Crippen LogP contribution is -2.43. The van der Waals surface area contributed by atoms with Crippen molar-refractivity contribution in [3.8, 4) is 0 Å². The van der Waals surface area contributed by atoms with Gasteiger partial charge in [0.25, 0.3) is 0 Å². The van der Waals surface area contributed by atoms with Crippen LogP contribution >= 0.6 is 0 Å². The highest BCUT2D eigenvalue weighted by molar-refractivity contribution is 5.79. The number of nitrogens with zero attached hydrogens (tertiary/aromatic N) is 2. The summed E-state index contributed by atoms with van der Waals surface area (Å²) in [5, 5.41) is 3.27. The molecule has 3 rings (SSSR count). The monoisotopic (exact) mass is 351 g/mol. The van der Waals surface area contributed by atoms with Crippen LogP contribution in [0.4, 0.5) is 0 Å². The number of hydrogen-bond donors (Lipinski definition) is 1. The molecule has 0 radical (unpaired) electrons. The summed E-state index contributed by atoms with van der Waals surface area (Å²) in [4.78, 5) is 28.8. The molecule has 0 aromatic carbocycles. The Hall–Kier alpha value is -1.14. The zero-order chi connectivity index (χ0) is 17.6. The number of nitrogens with one attached hydrogen (secondary N) is 1. The number of amides is 2. The van der Waals surface area contributed by atoms with Crippen LogP contribution in [0.1, 0.15) is 44.9 Å². The quantitative estimate of drug-likeness (QED) is 0.715. The average molecular weight is 351 g/mol. The molecule has 1 N–H and O–H groups in total. The first-order chi connectivity index (χ1) is 12.2. The van der Waals surface area contributed by atoms with Gasteiger partial charge in [-0.2, -0.15) is 0 Å². The summed E-state index contributed by atoms with van der Waals surface area (Å²) in [5.41, 5.74) is 0. The molecule has 0 bridgehead atoms. The molecule has 25 heavy (non-hydrogen) atoms. The molecule has 3 aliphatic rings. The minimum Gasteiger partial charge on any atom is -0.383 e. The maximum absolute atomic E-state index is 12.5. The molecule has 2 amide bonds. The highest BCUT2D eigenvalue weighted by Crippen LogP contribution is 2.41. The fraction of sp³-hybridized carbons (Fsp3) is 0.895. The van der Waals surface area contributed by atoms with Crippen molar-refractivity contribution in [3.63, 3.8) is 0 Å². The molecule has 6 heteroatoms. The van der Waals surface area contributed by atoms with Gasteiger partial charge in [0, 0.05) is 58.7 Å². The Bertz CT molecular complexity index is 467. The smallest absolute Gasteiger partial charge is 0.222 e. The summed E-state index contributed by atoms with van der Waals surface area (Å²) in [6, 6.07) is 0.261. The summed E-state index contributed by atoms with van der Waals surface area (Å²) >= 11 is 0. The van der Waals surface area contributed by atoms with Crippen molar-refractivity contribution in [3.05, 3.63) is 0 Å². The number of rotatable bonds is 8. The van der Waals surface area contributed by atoms with Gasteiger partial charge in [0.05, 0.1) is 6.61 Å². The van der Waals surface area contributed by atoms with E-state index in [1.807, 2.05) is 4.90 Å². The molecular weight excluding hydrogens is 318 g/mol. The first-order valence-electron chi connectivity index (χ1n) is 9.96. The molecule has 2 heterocycles. The normalized spacial score (nSPS) is 28.2. The lowest BCUT2D eigenvalue weighted by Gasteiger charge is -2.22. The number of carbonyl (C=O) groups is 2. The van der Waals surface area contributed by atoms with Gasteiger partial charge in [-0.05, 0) is 37.5 Å². The van der Waals surface area contributed by atoms with Crippen molar-refractivity contribution in [2.75, 3.05) is 46.4 Å². The van der Waals surface area contributed by atoms with E-state index in [-0.39, 0.29) is 17.9 Å². The average Bonchev–Trinajstić information content (AvgIpc) is 3.39. The topological polar surface area (TPSA) is 61.9 Å². The number of methoxy groups -OCH3 is 1.